The molecule has 4 rings (SSSR count). The zero-order valence-corrected chi connectivity index (χ0v) is 16.8. The Balaban J connectivity index is 1.49. The average Bonchev–Trinajstić information content (AvgIpc) is 2.74. The number of benzene rings is 2. The van der Waals surface area contributed by atoms with Crippen molar-refractivity contribution in [2.24, 2.45) is 0 Å². The highest BCUT2D eigenvalue weighted by Crippen LogP contribution is 2.34. The van der Waals surface area contributed by atoms with Gasteiger partial charge in [0, 0.05) is 33.2 Å². The van der Waals surface area contributed by atoms with Gasteiger partial charge in [-0.05, 0) is 41.8 Å². The molecule has 2 heterocycles. The first kappa shape index (κ1) is 18.5. The predicted octanol–water partition coefficient (Wildman–Crippen LogP) is 2.54. The molecule has 0 spiro atoms. The number of likely N-dealkylation sites (N-methyl/N-ethyl adjacent to an activating group) is 1. The molecule has 2 aromatic rings. The lowest BCUT2D eigenvalue weighted by molar-refractivity contribution is -0.130. The van der Waals surface area contributed by atoms with Crippen LogP contribution >= 0.6 is 0 Å². The highest BCUT2D eigenvalue weighted by atomic mass is 16.5. The minimum atomic E-state index is 0.166. The summed E-state index contributed by atoms with van der Waals surface area (Å²) in [6, 6.07) is 12.3. The lowest BCUT2D eigenvalue weighted by atomic mass is 9.98. The molecule has 2 aliphatic heterocycles. The van der Waals surface area contributed by atoms with Crippen molar-refractivity contribution in [1.29, 1.82) is 0 Å². The molecule has 148 valence electrons. The molecule has 2 aromatic carbocycles. The Morgan fingerprint density at radius 2 is 1.64 bits per heavy atom. The van der Waals surface area contributed by atoms with Gasteiger partial charge >= 0.3 is 0 Å². The molecule has 0 N–H and O–H groups in total. The van der Waals surface area contributed by atoms with Gasteiger partial charge in [-0.15, -0.1) is 0 Å². The van der Waals surface area contributed by atoms with Crippen LogP contribution in [0.1, 0.15) is 11.1 Å². The van der Waals surface area contributed by atoms with Crippen LogP contribution < -0.4 is 19.3 Å². The second-order valence-corrected chi connectivity index (χ2v) is 7.37. The van der Waals surface area contributed by atoms with Crippen molar-refractivity contribution < 1.29 is 14.3 Å². The third kappa shape index (κ3) is 3.35. The quantitative estimate of drug-likeness (QED) is 0.815. The van der Waals surface area contributed by atoms with Gasteiger partial charge in [-0.1, -0.05) is 12.1 Å². The normalized spacial score (nSPS) is 15.8. The molecule has 0 fully saturated rings. The summed E-state index contributed by atoms with van der Waals surface area (Å²) < 4.78 is 10.8. The fourth-order valence-corrected chi connectivity index (χ4v) is 4.09. The third-order valence-electron chi connectivity index (χ3n) is 5.74. The van der Waals surface area contributed by atoms with E-state index in [-0.39, 0.29) is 5.91 Å². The molecule has 0 radical (unpaired) electrons. The van der Waals surface area contributed by atoms with Gasteiger partial charge in [0.2, 0.25) is 5.91 Å². The Kier molecular flexibility index (Phi) is 5.03. The molecule has 0 aliphatic carbocycles. The second kappa shape index (κ2) is 7.62. The molecular formula is C22H27N3O3. The summed E-state index contributed by atoms with van der Waals surface area (Å²) >= 11 is 0. The summed E-state index contributed by atoms with van der Waals surface area (Å²) in [7, 11) is 5.39. The molecule has 6 nitrogen and oxygen atoms in total. The summed E-state index contributed by atoms with van der Waals surface area (Å²) in [5.74, 6) is 1.62. The summed E-state index contributed by atoms with van der Waals surface area (Å²) in [6.45, 7) is 3.53. The second-order valence-electron chi connectivity index (χ2n) is 7.37. The number of methoxy groups -OCH3 is 2. The summed E-state index contributed by atoms with van der Waals surface area (Å²) in [5.41, 5.74) is 4.68. The Bertz CT molecular complexity index is 883. The SMILES string of the molecule is COc1cc2c(cc1OC)CN(C(=O)CN1CCN(C)c3ccccc31)CC2. The minimum Gasteiger partial charge on any atom is -0.493 e. The first-order valence-corrected chi connectivity index (χ1v) is 9.67. The van der Waals surface area contributed by atoms with E-state index in [0.717, 1.165) is 43.1 Å². The smallest absolute Gasteiger partial charge is 0.242 e. The number of rotatable bonds is 4. The van der Waals surface area contributed by atoms with Gasteiger partial charge < -0.3 is 24.2 Å². The van der Waals surface area contributed by atoms with Crippen LogP contribution in [0.25, 0.3) is 0 Å². The number of hydrogen-bond donors (Lipinski definition) is 0. The monoisotopic (exact) mass is 381 g/mol. The van der Waals surface area contributed by atoms with Crippen molar-refractivity contribution in [3.8, 4) is 11.5 Å². The third-order valence-corrected chi connectivity index (χ3v) is 5.74. The maximum atomic E-state index is 13.1. The molecule has 0 saturated carbocycles. The highest BCUT2D eigenvalue weighted by molar-refractivity contribution is 5.84. The van der Waals surface area contributed by atoms with Crippen LogP contribution in [-0.2, 0) is 17.8 Å². The lowest BCUT2D eigenvalue weighted by Crippen LogP contribution is -2.46. The summed E-state index contributed by atoms with van der Waals surface area (Å²) in [4.78, 5) is 19.5. The zero-order chi connectivity index (χ0) is 19.7. The number of para-hydroxylation sites is 2. The number of ether oxygens (including phenoxy) is 2. The van der Waals surface area contributed by atoms with E-state index >= 15 is 0 Å². The molecule has 6 heteroatoms. The molecule has 1 amide bonds. The molecule has 28 heavy (non-hydrogen) atoms. The average molecular weight is 381 g/mol. The fraction of sp³-hybridized carbons (Fsp3) is 0.409. The molecule has 0 saturated heterocycles. The van der Waals surface area contributed by atoms with E-state index < -0.39 is 0 Å². The standard InChI is InChI=1S/C22H27N3O3/c1-23-10-11-24(19-7-5-4-6-18(19)23)15-22(26)25-9-8-16-12-20(27-2)21(28-3)13-17(16)14-25/h4-7,12-13H,8-11,14-15H2,1-3H3. The van der Waals surface area contributed by atoms with Crippen LogP contribution in [0.5, 0.6) is 11.5 Å². The first-order valence-electron chi connectivity index (χ1n) is 9.67. The van der Waals surface area contributed by atoms with E-state index in [2.05, 4.69) is 29.0 Å². The number of carbonyl (C=O) groups is 1. The van der Waals surface area contributed by atoms with E-state index in [1.807, 2.05) is 29.2 Å². The topological polar surface area (TPSA) is 45.3 Å². The van der Waals surface area contributed by atoms with Crippen molar-refractivity contribution in [2.75, 3.05) is 57.2 Å². The predicted molar refractivity (Wildman–Crippen MR) is 111 cm³/mol. The van der Waals surface area contributed by atoms with Gasteiger partial charge in [0.05, 0.1) is 32.1 Å². The molecule has 2 aliphatic rings. The van der Waals surface area contributed by atoms with Crippen molar-refractivity contribution >= 4 is 17.3 Å². The van der Waals surface area contributed by atoms with E-state index in [4.69, 9.17) is 9.47 Å². The van der Waals surface area contributed by atoms with Crippen LogP contribution in [-0.4, -0.2) is 58.3 Å². The van der Waals surface area contributed by atoms with Crippen molar-refractivity contribution in [3.63, 3.8) is 0 Å². The minimum absolute atomic E-state index is 0.166. The Morgan fingerprint density at radius 1 is 0.964 bits per heavy atom. The van der Waals surface area contributed by atoms with E-state index in [9.17, 15) is 4.79 Å². The van der Waals surface area contributed by atoms with Gasteiger partial charge in [-0.3, -0.25) is 4.79 Å². The van der Waals surface area contributed by atoms with E-state index in [1.54, 1.807) is 14.2 Å². The molecule has 0 unspecified atom stereocenters. The molecule has 0 bridgehead atoms. The van der Waals surface area contributed by atoms with Gasteiger partial charge in [-0.2, -0.15) is 0 Å². The zero-order valence-electron chi connectivity index (χ0n) is 16.8. The molecule has 0 atom stereocenters. The fourth-order valence-electron chi connectivity index (χ4n) is 4.09. The summed E-state index contributed by atoms with van der Waals surface area (Å²) in [5, 5.41) is 0. The van der Waals surface area contributed by atoms with E-state index in [0.29, 0.717) is 18.8 Å². The van der Waals surface area contributed by atoms with Crippen molar-refractivity contribution in [1.82, 2.24) is 4.90 Å². The number of hydrogen-bond acceptors (Lipinski definition) is 5. The number of carbonyl (C=O) groups excluding carboxylic acids is 1. The maximum absolute atomic E-state index is 13.1. The largest absolute Gasteiger partial charge is 0.493 e. The lowest BCUT2D eigenvalue weighted by Gasteiger charge is -2.38. The number of amides is 1. The summed E-state index contributed by atoms with van der Waals surface area (Å²) in [6.07, 6.45) is 0.834. The number of fused-ring (bicyclic) bond motifs is 2. The van der Waals surface area contributed by atoms with Gasteiger partial charge in [0.15, 0.2) is 11.5 Å². The number of nitrogens with zero attached hydrogens (tertiary/aromatic N) is 3. The van der Waals surface area contributed by atoms with Crippen molar-refractivity contribution in [3.05, 3.63) is 47.5 Å². The highest BCUT2D eigenvalue weighted by Gasteiger charge is 2.26. The first-order chi connectivity index (χ1) is 13.6. The maximum Gasteiger partial charge on any atom is 0.242 e. The van der Waals surface area contributed by atoms with Crippen LogP contribution in [0.4, 0.5) is 11.4 Å². The van der Waals surface area contributed by atoms with Crippen LogP contribution in [0.15, 0.2) is 36.4 Å². The molecule has 0 aromatic heterocycles. The Hall–Kier alpha value is -2.89. The van der Waals surface area contributed by atoms with Crippen molar-refractivity contribution in [2.45, 2.75) is 13.0 Å². The van der Waals surface area contributed by atoms with E-state index in [1.165, 1.54) is 11.3 Å². The van der Waals surface area contributed by atoms with Crippen LogP contribution in [0.3, 0.4) is 0 Å². The van der Waals surface area contributed by atoms with Gasteiger partial charge in [0.25, 0.3) is 0 Å². The number of anilines is 2. The van der Waals surface area contributed by atoms with Gasteiger partial charge in [0.1, 0.15) is 0 Å². The Morgan fingerprint density at radius 3 is 2.36 bits per heavy atom. The van der Waals surface area contributed by atoms with Crippen LogP contribution in [0, 0.1) is 0 Å². The molecular weight excluding hydrogens is 354 g/mol. The Labute approximate surface area is 166 Å². The van der Waals surface area contributed by atoms with Gasteiger partial charge in [-0.25, -0.2) is 0 Å². The van der Waals surface area contributed by atoms with Crippen LogP contribution in [0.2, 0.25) is 0 Å².